The molecular weight excluding hydrogens is 160 g/mol. The van der Waals surface area contributed by atoms with E-state index < -0.39 is 0 Å². The van der Waals surface area contributed by atoms with Crippen molar-refractivity contribution in [3.63, 3.8) is 0 Å². The quantitative estimate of drug-likeness (QED) is 0.685. The average Bonchev–Trinajstić information content (AvgIpc) is 2.55. The van der Waals surface area contributed by atoms with E-state index in [1.165, 1.54) is 0 Å². The molecule has 11 heavy (non-hydrogen) atoms. The van der Waals surface area contributed by atoms with Crippen LogP contribution in [0, 0.1) is 0 Å². The third-order valence-corrected chi connectivity index (χ3v) is 1.95. The van der Waals surface area contributed by atoms with Crippen molar-refractivity contribution >= 4 is 17.3 Å². The molecule has 0 unspecified atom stereocenters. The Morgan fingerprint density at radius 3 is 3.00 bits per heavy atom. The van der Waals surface area contributed by atoms with E-state index in [1.54, 1.807) is 22.3 Å². The molecule has 0 bridgehead atoms. The molecule has 2 N–H and O–H groups in total. The van der Waals surface area contributed by atoms with Crippen LogP contribution in [0.4, 0.5) is 5.95 Å². The lowest BCUT2D eigenvalue weighted by atomic mass is 10.5. The Morgan fingerprint density at radius 2 is 2.45 bits per heavy atom. The molecule has 2 aromatic rings. The van der Waals surface area contributed by atoms with Gasteiger partial charge in [-0.3, -0.25) is 0 Å². The lowest BCUT2D eigenvalue weighted by Crippen LogP contribution is -1.93. The van der Waals surface area contributed by atoms with Gasteiger partial charge in [-0.15, -0.1) is 5.10 Å². The van der Waals surface area contributed by atoms with Crippen LogP contribution < -0.4 is 5.73 Å². The van der Waals surface area contributed by atoms with E-state index in [0.717, 1.165) is 5.69 Å². The third-order valence-electron chi connectivity index (χ3n) is 1.28. The SMILES string of the molecule is Nc1ncn(-c2ccsc2)n1. The summed E-state index contributed by atoms with van der Waals surface area (Å²) in [4.78, 5) is 3.81. The van der Waals surface area contributed by atoms with Crippen LogP contribution in [0.1, 0.15) is 0 Å². The van der Waals surface area contributed by atoms with Crippen molar-refractivity contribution in [1.29, 1.82) is 0 Å². The average molecular weight is 166 g/mol. The first kappa shape index (κ1) is 6.36. The lowest BCUT2D eigenvalue weighted by molar-refractivity contribution is 0.888. The van der Waals surface area contributed by atoms with Crippen molar-refractivity contribution in [2.75, 3.05) is 5.73 Å². The highest BCUT2D eigenvalue weighted by atomic mass is 32.1. The summed E-state index contributed by atoms with van der Waals surface area (Å²) in [5, 5.41) is 7.90. The monoisotopic (exact) mass is 166 g/mol. The Balaban J connectivity index is 2.45. The van der Waals surface area contributed by atoms with Crippen LogP contribution in [-0.4, -0.2) is 14.8 Å². The predicted octanol–water partition coefficient (Wildman–Crippen LogP) is 0.911. The van der Waals surface area contributed by atoms with Gasteiger partial charge in [0.1, 0.15) is 6.33 Å². The maximum atomic E-state index is 5.35. The number of thiophene rings is 1. The Labute approximate surface area is 67.3 Å². The highest BCUT2D eigenvalue weighted by Gasteiger charge is 1.97. The van der Waals surface area contributed by atoms with Crippen LogP contribution in [0.15, 0.2) is 23.2 Å². The normalized spacial score (nSPS) is 10.2. The summed E-state index contributed by atoms with van der Waals surface area (Å²) in [6.07, 6.45) is 1.59. The van der Waals surface area contributed by atoms with Gasteiger partial charge >= 0.3 is 0 Å². The summed E-state index contributed by atoms with van der Waals surface area (Å²) in [6.45, 7) is 0. The number of nitrogens with zero attached hydrogens (tertiary/aromatic N) is 3. The van der Waals surface area contributed by atoms with Crippen LogP contribution in [0.25, 0.3) is 5.69 Å². The fourth-order valence-electron chi connectivity index (χ4n) is 0.788. The fraction of sp³-hybridized carbons (Fsp3) is 0. The molecule has 56 valence electrons. The van der Waals surface area contributed by atoms with E-state index >= 15 is 0 Å². The molecule has 0 atom stereocenters. The molecule has 4 nitrogen and oxygen atoms in total. The molecule has 0 aromatic carbocycles. The first-order valence-corrected chi connectivity index (χ1v) is 4.00. The second-order valence-electron chi connectivity index (χ2n) is 2.03. The highest BCUT2D eigenvalue weighted by molar-refractivity contribution is 7.08. The molecule has 2 rings (SSSR count). The topological polar surface area (TPSA) is 56.7 Å². The van der Waals surface area contributed by atoms with Gasteiger partial charge in [0.15, 0.2) is 0 Å². The Hall–Kier alpha value is -1.36. The maximum Gasteiger partial charge on any atom is 0.239 e. The standard InChI is InChI=1S/C6H6N4S/c7-6-8-4-10(9-6)5-1-2-11-3-5/h1-4H,(H2,7,9). The number of hydrogen-bond acceptors (Lipinski definition) is 4. The minimum atomic E-state index is 0.302. The molecule has 0 fully saturated rings. The summed E-state index contributed by atoms with van der Waals surface area (Å²) in [5.41, 5.74) is 6.34. The Bertz CT molecular complexity index is 337. The molecule has 0 amide bonds. The van der Waals surface area contributed by atoms with Crippen molar-refractivity contribution < 1.29 is 0 Å². The number of nitrogens with two attached hydrogens (primary N) is 1. The zero-order valence-electron chi connectivity index (χ0n) is 5.64. The van der Waals surface area contributed by atoms with Crippen molar-refractivity contribution in [1.82, 2.24) is 14.8 Å². The van der Waals surface area contributed by atoms with Gasteiger partial charge in [-0.2, -0.15) is 11.3 Å². The smallest absolute Gasteiger partial charge is 0.239 e. The molecule has 2 aromatic heterocycles. The highest BCUT2D eigenvalue weighted by Crippen LogP contribution is 2.10. The van der Waals surface area contributed by atoms with E-state index in [2.05, 4.69) is 10.1 Å². The van der Waals surface area contributed by atoms with Crippen LogP contribution in [0.2, 0.25) is 0 Å². The van der Waals surface area contributed by atoms with Gasteiger partial charge in [0.2, 0.25) is 5.95 Å². The predicted molar refractivity (Wildman–Crippen MR) is 43.6 cm³/mol. The van der Waals surface area contributed by atoms with Crippen molar-refractivity contribution in [3.8, 4) is 5.69 Å². The van der Waals surface area contributed by atoms with E-state index in [1.807, 2.05) is 16.8 Å². The second-order valence-corrected chi connectivity index (χ2v) is 2.81. The fourth-order valence-corrected chi connectivity index (χ4v) is 1.41. The first-order valence-electron chi connectivity index (χ1n) is 3.06. The van der Waals surface area contributed by atoms with Gasteiger partial charge < -0.3 is 5.73 Å². The molecule has 0 saturated heterocycles. The number of aromatic nitrogens is 3. The summed E-state index contributed by atoms with van der Waals surface area (Å²) in [7, 11) is 0. The molecule has 0 radical (unpaired) electrons. The molecule has 0 aliphatic carbocycles. The van der Waals surface area contributed by atoms with Gasteiger partial charge in [-0.1, -0.05) is 0 Å². The molecule has 0 saturated carbocycles. The van der Waals surface area contributed by atoms with Crippen LogP contribution in [0.3, 0.4) is 0 Å². The number of hydrogen-bond donors (Lipinski definition) is 1. The van der Waals surface area contributed by atoms with Crippen molar-refractivity contribution in [2.45, 2.75) is 0 Å². The van der Waals surface area contributed by atoms with Gasteiger partial charge in [-0.05, 0) is 11.4 Å². The summed E-state index contributed by atoms with van der Waals surface area (Å²) >= 11 is 1.61. The zero-order chi connectivity index (χ0) is 7.68. The summed E-state index contributed by atoms with van der Waals surface area (Å²) in [6, 6.07) is 1.96. The summed E-state index contributed by atoms with van der Waals surface area (Å²) < 4.78 is 1.64. The van der Waals surface area contributed by atoms with Gasteiger partial charge in [0.05, 0.1) is 5.69 Å². The molecule has 2 heterocycles. The van der Waals surface area contributed by atoms with E-state index in [-0.39, 0.29) is 0 Å². The summed E-state index contributed by atoms with van der Waals surface area (Å²) in [5.74, 6) is 0.302. The molecule has 5 heteroatoms. The Morgan fingerprint density at radius 1 is 1.55 bits per heavy atom. The van der Waals surface area contributed by atoms with Gasteiger partial charge in [0.25, 0.3) is 0 Å². The van der Waals surface area contributed by atoms with E-state index in [0.29, 0.717) is 5.95 Å². The third kappa shape index (κ3) is 1.10. The van der Waals surface area contributed by atoms with E-state index in [4.69, 9.17) is 5.73 Å². The molecule has 0 spiro atoms. The molecule has 0 aliphatic rings. The largest absolute Gasteiger partial charge is 0.366 e. The van der Waals surface area contributed by atoms with Gasteiger partial charge in [-0.25, -0.2) is 9.67 Å². The molecule has 0 aliphatic heterocycles. The minimum absolute atomic E-state index is 0.302. The number of anilines is 1. The number of nitrogen functional groups attached to an aromatic ring is 1. The lowest BCUT2D eigenvalue weighted by Gasteiger charge is -1.90. The van der Waals surface area contributed by atoms with Gasteiger partial charge in [0, 0.05) is 5.38 Å². The van der Waals surface area contributed by atoms with Crippen LogP contribution in [0.5, 0.6) is 0 Å². The molecular formula is C6H6N4S. The minimum Gasteiger partial charge on any atom is -0.366 e. The Kier molecular flexibility index (Phi) is 1.36. The second kappa shape index (κ2) is 2.35. The first-order chi connectivity index (χ1) is 5.36. The van der Waals surface area contributed by atoms with Crippen molar-refractivity contribution in [2.24, 2.45) is 0 Å². The van der Waals surface area contributed by atoms with Crippen molar-refractivity contribution in [3.05, 3.63) is 23.2 Å². The maximum absolute atomic E-state index is 5.35. The van der Waals surface area contributed by atoms with E-state index in [9.17, 15) is 0 Å². The van der Waals surface area contributed by atoms with Crippen LogP contribution in [-0.2, 0) is 0 Å². The number of rotatable bonds is 1. The van der Waals surface area contributed by atoms with Crippen LogP contribution >= 0.6 is 11.3 Å². The zero-order valence-corrected chi connectivity index (χ0v) is 6.45.